The van der Waals surface area contributed by atoms with E-state index in [1.165, 1.54) is 35.2 Å². The number of hydrogen-bond donors (Lipinski definition) is 1. The SMILES string of the molecule is O=C(O)C1CSC(c2nc3ccc([N+](=O)[O-])cc3s2)=N1. The van der Waals surface area contributed by atoms with Crippen molar-refractivity contribution in [3.63, 3.8) is 0 Å². The molecule has 20 heavy (non-hydrogen) atoms. The third-order valence-electron chi connectivity index (χ3n) is 2.70. The Balaban J connectivity index is 1.99. The van der Waals surface area contributed by atoms with Crippen LogP contribution in [0.15, 0.2) is 23.2 Å². The third-order valence-corrected chi connectivity index (χ3v) is 4.91. The number of aliphatic carboxylic acids is 1. The number of benzene rings is 1. The number of thiazole rings is 1. The number of non-ortho nitro benzene ring substituents is 1. The molecule has 0 fully saturated rings. The summed E-state index contributed by atoms with van der Waals surface area (Å²) in [4.78, 5) is 29.6. The number of rotatable bonds is 3. The zero-order valence-electron chi connectivity index (χ0n) is 9.85. The predicted octanol–water partition coefficient (Wildman–Crippen LogP) is 2.15. The van der Waals surface area contributed by atoms with Crippen LogP contribution in [0.25, 0.3) is 10.2 Å². The van der Waals surface area contributed by atoms with Crippen molar-refractivity contribution in [3.05, 3.63) is 33.3 Å². The first-order valence-electron chi connectivity index (χ1n) is 5.53. The normalized spacial score (nSPS) is 18.2. The minimum Gasteiger partial charge on any atom is -0.480 e. The molecule has 9 heteroatoms. The third kappa shape index (κ3) is 2.25. The first-order chi connectivity index (χ1) is 9.54. The van der Waals surface area contributed by atoms with Gasteiger partial charge in [0.15, 0.2) is 6.04 Å². The molecule has 7 nitrogen and oxygen atoms in total. The quantitative estimate of drug-likeness (QED) is 0.688. The van der Waals surface area contributed by atoms with E-state index in [-0.39, 0.29) is 5.69 Å². The van der Waals surface area contributed by atoms with Crippen LogP contribution in [0, 0.1) is 10.1 Å². The number of carboxylic acid groups (broad SMARTS) is 1. The van der Waals surface area contributed by atoms with E-state index in [4.69, 9.17) is 5.11 Å². The average Bonchev–Trinajstić information content (AvgIpc) is 3.04. The smallest absolute Gasteiger partial charge is 0.329 e. The first kappa shape index (κ1) is 13.0. The number of hydrogen-bond acceptors (Lipinski definition) is 7. The van der Waals surface area contributed by atoms with Gasteiger partial charge in [0.1, 0.15) is 10.1 Å². The molecule has 1 unspecified atom stereocenters. The molecule has 2 heterocycles. The van der Waals surface area contributed by atoms with E-state index in [0.29, 0.717) is 26.0 Å². The van der Waals surface area contributed by atoms with Crippen LogP contribution in [-0.4, -0.2) is 37.8 Å². The van der Waals surface area contributed by atoms with Crippen molar-refractivity contribution in [3.8, 4) is 0 Å². The van der Waals surface area contributed by atoms with Gasteiger partial charge in [-0.05, 0) is 6.07 Å². The van der Waals surface area contributed by atoms with Gasteiger partial charge in [-0.2, -0.15) is 0 Å². The molecule has 0 saturated heterocycles. The van der Waals surface area contributed by atoms with Crippen LogP contribution in [0.5, 0.6) is 0 Å². The average molecular weight is 309 g/mol. The molecule has 1 aromatic heterocycles. The van der Waals surface area contributed by atoms with Crippen LogP contribution in [-0.2, 0) is 4.79 Å². The number of thioether (sulfide) groups is 1. The lowest BCUT2D eigenvalue weighted by molar-refractivity contribution is -0.384. The highest BCUT2D eigenvalue weighted by Gasteiger charge is 2.27. The first-order valence-corrected chi connectivity index (χ1v) is 7.33. The Labute approximate surface area is 120 Å². The Morgan fingerprint density at radius 3 is 2.95 bits per heavy atom. The Morgan fingerprint density at radius 1 is 1.50 bits per heavy atom. The van der Waals surface area contributed by atoms with Crippen molar-refractivity contribution in [1.29, 1.82) is 0 Å². The predicted molar refractivity (Wildman–Crippen MR) is 76.7 cm³/mol. The van der Waals surface area contributed by atoms with Crippen molar-refractivity contribution >= 4 is 50.0 Å². The fraction of sp³-hybridized carbons (Fsp3) is 0.182. The van der Waals surface area contributed by atoms with E-state index in [1.54, 1.807) is 6.07 Å². The standard InChI is InChI=1S/C11H7N3O4S2/c15-11(16)7-4-19-9(13-7)10-12-6-2-1-5(14(17)18)3-8(6)20-10/h1-3,7H,4H2,(H,15,16). The summed E-state index contributed by atoms with van der Waals surface area (Å²) >= 11 is 2.62. The number of carboxylic acids is 1. The molecule has 0 aliphatic carbocycles. The van der Waals surface area contributed by atoms with Crippen molar-refractivity contribution in [2.24, 2.45) is 4.99 Å². The van der Waals surface area contributed by atoms with Crippen molar-refractivity contribution in [1.82, 2.24) is 4.98 Å². The molecule has 0 spiro atoms. The fourth-order valence-corrected chi connectivity index (χ4v) is 3.83. The van der Waals surface area contributed by atoms with Crippen molar-refractivity contribution in [2.45, 2.75) is 6.04 Å². The molecule has 0 saturated carbocycles. The minimum atomic E-state index is -0.954. The zero-order chi connectivity index (χ0) is 14.3. The minimum absolute atomic E-state index is 0.0112. The van der Waals surface area contributed by atoms with Gasteiger partial charge in [0.05, 0.1) is 15.1 Å². The van der Waals surface area contributed by atoms with Gasteiger partial charge in [0, 0.05) is 17.9 Å². The van der Waals surface area contributed by atoms with Gasteiger partial charge in [-0.15, -0.1) is 23.1 Å². The maximum atomic E-state index is 10.9. The second-order valence-corrected chi connectivity index (χ2v) is 6.07. The molecular formula is C11H7N3O4S2. The largest absolute Gasteiger partial charge is 0.480 e. The number of nitrogens with zero attached hydrogens (tertiary/aromatic N) is 3. The topological polar surface area (TPSA) is 106 Å². The van der Waals surface area contributed by atoms with E-state index in [9.17, 15) is 14.9 Å². The number of aliphatic imine (C=N–C) groups is 1. The highest BCUT2D eigenvalue weighted by atomic mass is 32.2. The van der Waals surface area contributed by atoms with Gasteiger partial charge in [-0.1, -0.05) is 0 Å². The van der Waals surface area contributed by atoms with Crippen LogP contribution >= 0.6 is 23.1 Å². The lowest BCUT2D eigenvalue weighted by Gasteiger charge is -1.93. The zero-order valence-corrected chi connectivity index (χ0v) is 11.5. The number of nitro benzene ring substituents is 1. The van der Waals surface area contributed by atoms with Crippen molar-refractivity contribution in [2.75, 3.05) is 5.75 Å². The Morgan fingerprint density at radius 2 is 2.30 bits per heavy atom. The van der Waals surface area contributed by atoms with E-state index in [1.807, 2.05) is 0 Å². The highest BCUT2D eigenvalue weighted by molar-refractivity contribution is 8.15. The Hall–Kier alpha value is -2.00. The Bertz CT molecular complexity index is 755. The maximum absolute atomic E-state index is 10.9. The van der Waals surface area contributed by atoms with Gasteiger partial charge in [-0.25, -0.2) is 9.78 Å². The molecule has 3 rings (SSSR count). The van der Waals surface area contributed by atoms with Gasteiger partial charge in [0.25, 0.3) is 5.69 Å². The molecule has 1 aliphatic heterocycles. The summed E-state index contributed by atoms with van der Waals surface area (Å²) in [7, 11) is 0. The highest BCUT2D eigenvalue weighted by Crippen LogP contribution is 2.31. The van der Waals surface area contributed by atoms with Crippen LogP contribution in [0.3, 0.4) is 0 Å². The molecule has 0 radical (unpaired) electrons. The number of nitro groups is 1. The number of carbonyl (C=O) groups is 1. The van der Waals surface area contributed by atoms with E-state index in [0.717, 1.165) is 0 Å². The maximum Gasteiger partial charge on any atom is 0.329 e. The van der Waals surface area contributed by atoms with Crippen molar-refractivity contribution < 1.29 is 14.8 Å². The van der Waals surface area contributed by atoms with E-state index in [2.05, 4.69) is 9.98 Å². The lowest BCUT2D eigenvalue weighted by atomic mass is 10.3. The molecule has 102 valence electrons. The second-order valence-electron chi connectivity index (χ2n) is 4.03. The van der Waals surface area contributed by atoms with Crippen LogP contribution in [0.4, 0.5) is 5.69 Å². The monoisotopic (exact) mass is 309 g/mol. The summed E-state index contributed by atoms with van der Waals surface area (Å²) in [5.74, 6) is -0.565. The second kappa shape index (κ2) is 4.84. The lowest BCUT2D eigenvalue weighted by Crippen LogP contribution is -2.17. The van der Waals surface area contributed by atoms with Gasteiger partial charge >= 0.3 is 5.97 Å². The molecule has 2 aromatic rings. The summed E-state index contributed by atoms with van der Waals surface area (Å²) < 4.78 is 0.691. The van der Waals surface area contributed by atoms with E-state index >= 15 is 0 Å². The summed E-state index contributed by atoms with van der Waals surface area (Å²) in [5, 5.41) is 20.8. The molecule has 1 atom stereocenters. The van der Waals surface area contributed by atoms with Crippen LogP contribution in [0.2, 0.25) is 0 Å². The molecule has 0 bridgehead atoms. The van der Waals surface area contributed by atoms with E-state index < -0.39 is 16.9 Å². The molecule has 1 aromatic carbocycles. The van der Waals surface area contributed by atoms with Gasteiger partial charge in [0.2, 0.25) is 0 Å². The molecule has 1 aliphatic rings. The molecule has 0 amide bonds. The molecular weight excluding hydrogens is 302 g/mol. The van der Waals surface area contributed by atoms with Gasteiger partial charge < -0.3 is 5.11 Å². The Kier molecular flexibility index (Phi) is 3.14. The summed E-state index contributed by atoms with van der Waals surface area (Å²) in [6.45, 7) is 0. The van der Waals surface area contributed by atoms with Crippen LogP contribution < -0.4 is 0 Å². The summed E-state index contributed by atoms with van der Waals surface area (Å²) in [5.41, 5.74) is 0.662. The molecule has 1 N–H and O–H groups in total. The summed E-state index contributed by atoms with van der Waals surface area (Å²) in [6.07, 6.45) is 0. The number of fused-ring (bicyclic) bond motifs is 1. The summed E-state index contributed by atoms with van der Waals surface area (Å²) in [6, 6.07) is 3.71. The van der Waals surface area contributed by atoms with Gasteiger partial charge in [-0.3, -0.25) is 15.1 Å². The fourth-order valence-electron chi connectivity index (χ4n) is 1.74. The van der Waals surface area contributed by atoms with Crippen LogP contribution in [0.1, 0.15) is 5.01 Å². The number of aromatic nitrogens is 1.